The van der Waals surface area contributed by atoms with Crippen LogP contribution in [0.3, 0.4) is 0 Å². The van der Waals surface area contributed by atoms with Crippen LogP contribution in [0.5, 0.6) is 5.75 Å². The summed E-state index contributed by atoms with van der Waals surface area (Å²) in [6.45, 7) is 5.83. The summed E-state index contributed by atoms with van der Waals surface area (Å²) in [6.07, 6.45) is 2.49. The average Bonchev–Trinajstić information content (AvgIpc) is 2.86. The fraction of sp³-hybridized carbons (Fsp3) is 0.400. The minimum atomic E-state index is -3.67. The number of nitrogens with one attached hydrogen (secondary N) is 1. The number of benzene rings is 2. The van der Waals surface area contributed by atoms with Gasteiger partial charge in [-0.1, -0.05) is 26.0 Å². The second-order valence-electron chi connectivity index (χ2n) is 8.66. The molecule has 1 aliphatic heterocycles. The SMILES string of the molecule is CC(C)c1ccc(N(CC(=O)N/N=C\c2ccc(OCC(=O)N3CCOCC3)cc2)S(C)(=O)=O)cc1. The fourth-order valence-electron chi connectivity index (χ4n) is 3.47. The largest absolute Gasteiger partial charge is 0.484 e. The molecule has 1 N–H and O–H groups in total. The Bertz CT molecular complexity index is 1160. The number of sulfonamides is 1. The zero-order chi connectivity index (χ0) is 26.1. The Morgan fingerprint density at radius 1 is 1.11 bits per heavy atom. The van der Waals surface area contributed by atoms with Crippen molar-refractivity contribution in [3.63, 3.8) is 0 Å². The molecule has 2 aromatic rings. The summed E-state index contributed by atoms with van der Waals surface area (Å²) in [5.74, 6) is 0.170. The molecule has 0 bridgehead atoms. The summed E-state index contributed by atoms with van der Waals surface area (Å²) >= 11 is 0. The quantitative estimate of drug-likeness (QED) is 0.381. The zero-order valence-corrected chi connectivity index (χ0v) is 21.5. The van der Waals surface area contributed by atoms with Crippen LogP contribution in [0.25, 0.3) is 0 Å². The predicted octanol–water partition coefficient (Wildman–Crippen LogP) is 1.96. The molecule has 10 nitrogen and oxygen atoms in total. The van der Waals surface area contributed by atoms with Gasteiger partial charge in [-0.05, 0) is 53.4 Å². The number of hydrazone groups is 1. The molecule has 3 rings (SSSR count). The molecule has 0 saturated carbocycles. The zero-order valence-electron chi connectivity index (χ0n) is 20.7. The van der Waals surface area contributed by atoms with Crippen molar-refractivity contribution >= 4 is 33.7 Å². The number of ether oxygens (including phenoxy) is 2. The van der Waals surface area contributed by atoms with E-state index >= 15 is 0 Å². The van der Waals surface area contributed by atoms with Crippen molar-refractivity contribution in [2.45, 2.75) is 19.8 Å². The third-order valence-electron chi connectivity index (χ3n) is 5.54. The van der Waals surface area contributed by atoms with E-state index in [1.807, 2.05) is 26.0 Å². The molecule has 2 aromatic carbocycles. The van der Waals surface area contributed by atoms with E-state index in [0.29, 0.717) is 49.2 Å². The van der Waals surface area contributed by atoms with Gasteiger partial charge in [-0.25, -0.2) is 13.8 Å². The fourth-order valence-corrected chi connectivity index (χ4v) is 4.33. The van der Waals surface area contributed by atoms with Crippen LogP contribution in [-0.4, -0.2) is 77.1 Å². The van der Waals surface area contributed by atoms with Crippen LogP contribution in [-0.2, 0) is 24.3 Å². The normalized spacial score (nSPS) is 14.2. The predicted molar refractivity (Wildman–Crippen MR) is 138 cm³/mol. The summed E-state index contributed by atoms with van der Waals surface area (Å²) in [6, 6.07) is 13.9. The van der Waals surface area contributed by atoms with Gasteiger partial charge in [-0.15, -0.1) is 0 Å². The maximum Gasteiger partial charge on any atom is 0.260 e. The van der Waals surface area contributed by atoms with Gasteiger partial charge in [0.2, 0.25) is 10.0 Å². The van der Waals surface area contributed by atoms with E-state index in [-0.39, 0.29) is 12.5 Å². The van der Waals surface area contributed by atoms with Crippen LogP contribution in [0.4, 0.5) is 5.69 Å². The number of hydrogen-bond acceptors (Lipinski definition) is 7. The molecule has 0 radical (unpaired) electrons. The number of nitrogens with zero attached hydrogens (tertiary/aromatic N) is 3. The van der Waals surface area contributed by atoms with Crippen molar-refractivity contribution in [2.75, 3.05) is 50.0 Å². The molecule has 0 aromatic heterocycles. The maximum atomic E-state index is 12.4. The van der Waals surface area contributed by atoms with Gasteiger partial charge in [0, 0.05) is 13.1 Å². The van der Waals surface area contributed by atoms with Gasteiger partial charge in [0.25, 0.3) is 11.8 Å². The van der Waals surface area contributed by atoms with Gasteiger partial charge in [0.05, 0.1) is 31.4 Å². The molecule has 1 saturated heterocycles. The molecule has 0 atom stereocenters. The highest BCUT2D eigenvalue weighted by molar-refractivity contribution is 7.92. The van der Waals surface area contributed by atoms with Gasteiger partial charge < -0.3 is 14.4 Å². The van der Waals surface area contributed by atoms with Crippen molar-refractivity contribution < 1.29 is 27.5 Å². The minimum absolute atomic E-state index is 0.0550. The summed E-state index contributed by atoms with van der Waals surface area (Å²) in [5.41, 5.74) is 4.52. The first-order valence-electron chi connectivity index (χ1n) is 11.6. The van der Waals surface area contributed by atoms with Crippen LogP contribution in [0.2, 0.25) is 0 Å². The molecule has 1 fully saturated rings. The van der Waals surface area contributed by atoms with Crippen molar-refractivity contribution in [3.05, 3.63) is 59.7 Å². The summed E-state index contributed by atoms with van der Waals surface area (Å²) in [4.78, 5) is 26.2. The highest BCUT2D eigenvalue weighted by Gasteiger charge is 2.21. The molecule has 194 valence electrons. The van der Waals surface area contributed by atoms with Crippen LogP contribution in [0.15, 0.2) is 53.6 Å². The van der Waals surface area contributed by atoms with Crippen molar-refractivity contribution in [1.29, 1.82) is 0 Å². The van der Waals surface area contributed by atoms with E-state index in [1.165, 1.54) is 6.21 Å². The highest BCUT2D eigenvalue weighted by atomic mass is 32.2. The van der Waals surface area contributed by atoms with Gasteiger partial charge in [-0.2, -0.15) is 5.10 Å². The molecule has 1 heterocycles. The first-order valence-corrected chi connectivity index (χ1v) is 13.5. The summed E-state index contributed by atoms with van der Waals surface area (Å²) in [7, 11) is -3.67. The van der Waals surface area contributed by atoms with E-state index < -0.39 is 22.5 Å². The van der Waals surface area contributed by atoms with Crippen molar-refractivity contribution in [3.8, 4) is 5.75 Å². The van der Waals surface area contributed by atoms with E-state index in [2.05, 4.69) is 10.5 Å². The molecule has 0 unspecified atom stereocenters. The number of morpholine rings is 1. The molecule has 36 heavy (non-hydrogen) atoms. The van der Waals surface area contributed by atoms with E-state index in [9.17, 15) is 18.0 Å². The minimum Gasteiger partial charge on any atom is -0.484 e. The van der Waals surface area contributed by atoms with Gasteiger partial charge in [0.1, 0.15) is 12.3 Å². The Kier molecular flexibility index (Phi) is 9.43. The first-order chi connectivity index (χ1) is 17.1. The Hall–Kier alpha value is -3.44. The number of amides is 2. The van der Waals surface area contributed by atoms with E-state index in [0.717, 1.165) is 16.1 Å². The monoisotopic (exact) mass is 516 g/mol. The summed E-state index contributed by atoms with van der Waals surface area (Å²) in [5, 5.41) is 3.91. The van der Waals surface area contributed by atoms with Crippen molar-refractivity contribution in [2.24, 2.45) is 5.10 Å². The number of rotatable bonds is 10. The summed E-state index contributed by atoms with van der Waals surface area (Å²) < 4.78 is 36.3. The lowest BCUT2D eigenvalue weighted by atomic mass is 10.0. The number of anilines is 1. The van der Waals surface area contributed by atoms with Gasteiger partial charge >= 0.3 is 0 Å². The third-order valence-corrected chi connectivity index (χ3v) is 6.68. The van der Waals surface area contributed by atoms with Gasteiger partial charge in [-0.3, -0.25) is 13.9 Å². The van der Waals surface area contributed by atoms with Gasteiger partial charge in [0.15, 0.2) is 6.61 Å². The second kappa shape index (κ2) is 12.5. The van der Waals surface area contributed by atoms with Crippen LogP contribution >= 0.6 is 0 Å². The van der Waals surface area contributed by atoms with Crippen LogP contribution in [0, 0.1) is 0 Å². The number of carbonyl (C=O) groups is 2. The Balaban J connectivity index is 1.51. The lowest BCUT2D eigenvalue weighted by Gasteiger charge is -2.26. The highest BCUT2D eigenvalue weighted by Crippen LogP contribution is 2.21. The lowest BCUT2D eigenvalue weighted by molar-refractivity contribution is -0.137. The second-order valence-corrected chi connectivity index (χ2v) is 10.6. The van der Waals surface area contributed by atoms with E-state index in [1.54, 1.807) is 41.3 Å². The standard InChI is InChI=1S/C25H32N4O6S/c1-19(2)21-6-8-22(9-7-21)29(36(3,32)33)17-24(30)27-26-16-20-4-10-23(11-5-20)35-18-25(31)28-12-14-34-15-13-28/h4-11,16,19H,12-15,17-18H2,1-3H3,(H,27,30)/b26-16-. The molecule has 0 spiro atoms. The molecule has 0 aliphatic carbocycles. The first kappa shape index (κ1) is 27.2. The Morgan fingerprint density at radius 3 is 2.33 bits per heavy atom. The third kappa shape index (κ3) is 8.06. The molecular weight excluding hydrogens is 484 g/mol. The molecular formula is C25H32N4O6S. The van der Waals surface area contributed by atoms with E-state index in [4.69, 9.17) is 9.47 Å². The maximum absolute atomic E-state index is 12.4. The Morgan fingerprint density at radius 2 is 1.75 bits per heavy atom. The average molecular weight is 517 g/mol. The van der Waals surface area contributed by atoms with Crippen LogP contribution in [0.1, 0.15) is 30.9 Å². The molecule has 11 heteroatoms. The van der Waals surface area contributed by atoms with Crippen molar-refractivity contribution in [1.82, 2.24) is 10.3 Å². The lowest BCUT2D eigenvalue weighted by Crippen LogP contribution is -2.42. The van der Waals surface area contributed by atoms with Crippen LogP contribution < -0.4 is 14.5 Å². The number of hydrogen-bond donors (Lipinski definition) is 1. The topological polar surface area (TPSA) is 118 Å². The molecule has 2 amide bonds. The number of carbonyl (C=O) groups excluding carboxylic acids is 2. The molecule has 1 aliphatic rings. The smallest absolute Gasteiger partial charge is 0.260 e. The Labute approximate surface area is 211 Å².